The van der Waals surface area contributed by atoms with Gasteiger partial charge in [-0.25, -0.2) is 4.79 Å². The first-order valence-electron chi connectivity index (χ1n) is 8.53. The van der Waals surface area contributed by atoms with Crippen molar-refractivity contribution in [1.82, 2.24) is 0 Å². The number of hydrogen-bond acceptors (Lipinski definition) is 5. The van der Waals surface area contributed by atoms with Gasteiger partial charge < -0.3 is 9.47 Å². The van der Waals surface area contributed by atoms with E-state index in [1.807, 2.05) is 30.3 Å². The Kier molecular flexibility index (Phi) is 7.49. The molecule has 0 aliphatic heterocycles. The van der Waals surface area contributed by atoms with E-state index in [0.717, 1.165) is 18.4 Å². The van der Waals surface area contributed by atoms with Crippen molar-refractivity contribution in [3.8, 4) is 11.5 Å². The fourth-order valence-corrected chi connectivity index (χ4v) is 2.17. The van der Waals surface area contributed by atoms with Gasteiger partial charge in [0.05, 0.1) is 19.4 Å². The molecule has 26 heavy (non-hydrogen) atoms. The number of unbranched alkanes of at least 4 members (excludes halogenated alkanes) is 1. The Labute approximate surface area is 153 Å². The maximum atomic E-state index is 11.8. The molecule has 138 valence electrons. The number of para-hydroxylation sites is 1. The summed E-state index contributed by atoms with van der Waals surface area (Å²) in [6, 6.07) is 14.5. The third-order valence-electron chi connectivity index (χ3n) is 3.62. The second kappa shape index (κ2) is 10.1. The van der Waals surface area contributed by atoms with Crippen LogP contribution in [0.3, 0.4) is 0 Å². The summed E-state index contributed by atoms with van der Waals surface area (Å²) < 4.78 is 11.1. The molecule has 0 heterocycles. The van der Waals surface area contributed by atoms with E-state index >= 15 is 0 Å². The smallest absolute Gasteiger partial charge is 0.437 e. The number of anilines is 1. The van der Waals surface area contributed by atoms with E-state index in [-0.39, 0.29) is 0 Å². The quantitative estimate of drug-likeness (QED) is 0.318. The number of nitrogens with one attached hydrogen (secondary N) is 1. The molecule has 0 atom stereocenters. The van der Waals surface area contributed by atoms with Crippen LogP contribution in [-0.2, 0) is 4.84 Å². The molecule has 6 nitrogen and oxygen atoms in total. The van der Waals surface area contributed by atoms with Gasteiger partial charge >= 0.3 is 6.09 Å². The topological polar surface area (TPSA) is 69.2 Å². The SMILES string of the molecule is CCCCOc1cc(/C(C)=N/OC(=O)Nc2ccccc2)ccc1OC. The first-order valence-corrected chi connectivity index (χ1v) is 8.53. The van der Waals surface area contributed by atoms with Crippen LogP contribution >= 0.6 is 0 Å². The highest BCUT2D eigenvalue weighted by molar-refractivity contribution is 5.99. The summed E-state index contributed by atoms with van der Waals surface area (Å²) in [5.41, 5.74) is 1.97. The molecular weight excluding hydrogens is 332 g/mol. The largest absolute Gasteiger partial charge is 0.493 e. The zero-order valence-corrected chi connectivity index (χ0v) is 15.3. The fraction of sp³-hybridized carbons (Fsp3) is 0.300. The van der Waals surface area contributed by atoms with E-state index in [4.69, 9.17) is 14.3 Å². The Balaban J connectivity index is 2.02. The van der Waals surface area contributed by atoms with E-state index in [1.54, 1.807) is 32.2 Å². The zero-order valence-electron chi connectivity index (χ0n) is 15.3. The third kappa shape index (κ3) is 5.81. The van der Waals surface area contributed by atoms with Crippen molar-refractivity contribution in [2.75, 3.05) is 19.0 Å². The summed E-state index contributed by atoms with van der Waals surface area (Å²) in [4.78, 5) is 16.7. The minimum Gasteiger partial charge on any atom is -0.493 e. The van der Waals surface area contributed by atoms with Gasteiger partial charge in [0.15, 0.2) is 11.5 Å². The highest BCUT2D eigenvalue weighted by Crippen LogP contribution is 2.28. The number of ether oxygens (including phenoxy) is 2. The Hall–Kier alpha value is -3.02. The Bertz CT molecular complexity index is 745. The summed E-state index contributed by atoms with van der Waals surface area (Å²) >= 11 is 0. The van der Waals surface area contributed by atoms with Gasteiger partial charge in [0.1, 0.15) is 0 Å². The first-order chi connectivity index (χ1) is 12.6. The van der Waals surface area contributed by atoms with Crippen molar-refractivity contribution in [1.29, 1.82) is 0 Å². The molecule has 1 N–H and O–H groups in total. The number of carbonyl (C=O) groups excluding carboxylic acids is 1. The predicted molar refractivity (Wildman–Crippen MR) is 102 cm³/mol. The summed E-state index contributed by atoms with van der Waals surface area (Å²) in [6.07, 6.45) is 1.36. The van der Waals surface area contributed by atoms with Gasteiger partial charge in [0.25, 0.3) is 0 Å². The highest BCUT2D eigenvalue weighted by atomic mass is 16.7. The van der Waals surface area contributed by atoms with E-state index in [9.17, 15) is 4.79 Å². The highest BCUT2D eigenvalue weighted by Gasteiger charge is 2.09. The normalized spacial score (nSPS) is 11.0. The van der Waals surface area contributed by atoms with Crippen molar-refractivity contribution in [3.05, 3.63) is 54.1 Å². The second-order valence-electron chi connectivity index (χ2n) is 5.61. The molecule has 0 unspecified atom stereocenters. The molecule has 2 rings (SSSR count). The lowest BCUT2D eigenvalue weighted by Crippen LogP contribution is -2.11. The van der Waals surface area contributed by atoms with E-state index in [0.29, 0.717) is 29.5 Å². The van der Waals surface area contributed by atoms with Crippen molar-refractivity contribution >= 4 is 17.5 Å². The monoisotopic (exact) mass is 356 g/mol. The Morgan fingerprint density at radius 2 is 1.88 bits per heavy atom. The van der Waals surface area contributed by atoms with Crippen LogP contribution in [0.25, 0.3) is 0 Å². The molecule has 0 bridgehead atoms. The molecule has 2 aromatic carbocycles. The van der Waals surface area contributed by atoms with Crippen LogP contribution in [0.2, 0.25) is 0 Å². The van der Waals surface area contributed by atoms with E-state index in [1.165, 1.54) is 0 Å². The van der Waals surface area contributed by atoms with Crippen LogP contribution in [0.15, 0.2) is 53.7 Å². The van der Waals surface area contributed by atoms with Crippen LogP contribution in [-0.4, -0.2) is 25.5 Å². The summed E-state index contributed by atoms with van der Waals surface area (Å²) in [5, 5.41) is 6.49. The number of carbonyl (C=O) groups is 1. The van der Waals surface area contributed by atoms with Gasteiger partial charge in [0, 0.05) is 11.3 Å². The molecule has 0 aliphatic carbocycles. The van der Waals surface area contributed by atoms with Crippen molar-refractivity contribution < 1.29 is 19.1 Å². The Morgan fingerprint density at radius 3 is 2.58 bits per heavy atom. The number of methoxy groups -OCH3 is 1. The first kappa shape index (κ1) is 19.3. The van der Waals surface area contributed by atoms with Crippen LogP contribution in [0.1, 0.15) is 32.3 Å². The van der Waals surface area contributed by atoms with Crippen LogP contribution < -0.4 is 14.8 Å². The van der Waals surface area contributed by atoms with Gasteiger partial charge in [0.2, 0.25) is 0 Å². The third-order valence-corrected chi connectivity index (χ3v) is 3.62. The lowest BCUT2D eigenvalue weighted by atomic mass is 10.1. The zero-order chi connectivity index (χ0) is 18.8. The summed E-state index contributed by atoms with van der Waals surface area (Å²) in [5.74, 6) is 1.29. The molecule has 0 fully saturated rings. The molecule has 6 heteroatoms. The molecule has 0 saturated carbocycles. The number of rotatable bonds is 8. The van der Waals surface area contributed by atoms with Gasteiger partial charge in [-0.05, 0) is 43.7 Å². The molecular formula is C20H24N2O4. The molecule has 0 spiro atoms. The van der Waals surface area contributed by atoms with Crippen molar-refractivity contribution in [2.45, 2.75) is 26.7 Å². The minimum absolute atomic E-state index is 0.552. The lowest BCUT2D eigenvalue weighted by molar-refractivity contribution is 0.166. The van der Waals surface area contributed by atoms with Crippen LogP contribution in [0, 0.1) is 0 Å². The van der Waals surface area contributed by atoms with E-state index in [2.05, 4.69) is 17.4 Å². The van der Waals surface area contributed by atoms with E-state index < -0.39 is 6.09 Å². The average Bonchev–Trinajstić information content (AvgIpc) is 2.67. The molecule has 0 saturated heterocycles. The molecule has 0 radical (unpaired) electrons. The number of nitrogens with zero attached hydrogens (tertiary/aromatic N) is 1. The Morgan fingerprint density at radius 1 is 1.12 bits per heavy atom. The van der Waals surface area contributed by atoms with Gasteiger partial charge in [-0.1, -0.05) is 36.7 Å². The lowest BCUT2D eigenvalue weighted by Gasteiger charge is -2.12. The number of benzene rings is 2. The van der Waals surface area contributed by atoms with Crippen molar-refractivity contribution in [3.63, 3.8) is 0 Å². The number of oxime groups is 1. The number of hydrogen-bond donors (Lipinski definition) is 1. The standard InChI is InChI=1S/C20H24N2O4/c1-4-5-13-25-19-14-16(11-12-18(19)24-3)15(2)22-26-20(23)21-17-9-7-6-8-10-17/h6-12,14H,4-5,13H2,1-3H3,(H,21,23)/b22-15+. The van der Waals surface area contributed by atoms with Crippen LogP contribution in [0.4, 0.5) is 10.5 Å². The molecule has 1 amide bonds. The second-order valence-corrected chi connectivity index (χ2v) is 5.61. The van der Waals surface area contributed by atoms with Gasteiger partial charge in [-0.2, -0.15) is 0 Å². The minimum atomic E-state index is -0.650. The maximum absolute atomic E-state index is 11.8. The number of amides is 1. The molecule has 0 aromatic heterocycles. The van der Waals surface area contributed by atoms with Gasteiger partial charge in [-0.15, -0.1) is 0 Å². The van der Waals surface area contributed by atoms with Crippen molar-refractivity contribution in [2.24, 2.45) is 5.16 Å². The fourth-order valence-electron chi connectivity index (χ4n) is 2.17. The predicted octanol–water partition coefficient (Wildman–Crippen LogP) is 4.85. The summed E-state index contributed by atoms with van der Waals surface area (Å²) in [6.45, 7) is 4.47. The maximum Gasteiger partial charge on any atom is 0.437 e. The summed E-state index contributed by atoms with van der Waals surface area (Å²) in [7, 11) is 1.60. The average molecular weight is 356 g/mol. The van der Waals surface area contributed by atoms with Crippen LogP contribution in [0.5, 0.6) is 11.5 Å². The van der Waals surface area contributed by atoms with Gasteiger partial charge in [-0.3, -0.25) is 10.2 Å². The molecule has 2 aromatic rings. The molecule has 0 aliphatic rings.